The van der Waals surface area contributed by atoms with Crippen molar-refractivity contribution in [1.29, 1.82) is 0 Å². The first-order valence-electron chi connectivity index (χ1n) is 5.85. The minimum absolute atomic E-state index is 0.408. The van der Waals surface area contributed by atoms with Crippen LogP contribution in [0, 0.1) is 0 Å². The zero-order chi connectivity index (χ0) is 11.3. The zero-order valence-corrected chi connectivity index (χ0v) is 9.66. The van der Waals surface area contributed by atoms with Crippen molar-refractivity contribution in [2.75, 3.05) is 5.73 Å². The maximum Gasteiger partial charge on any atom is 0.198 e. The third kappa shape index (κ3) is 1.47. The Morgan fingerprint density at radius 3 is 2.75 bits per heavy atom. The van der Waals surface area contributed by atoms with Crippen molar-refractivity contribution in [2.24, 2.45) is 0 Å². The number of nitrogen functional groups attached to an aromatic ring is 1. The third-order valence-electron chi connectivity index (χ3n) is 3.11. The van der Waals surface area contributed by atoms with E-state index in [4.69, 9.17) is 10.2 Å². The minimum atomic E-state index is 0.408. The van der Waals surface area contributed by atoms with Gasteiger partial charge in [-0.15, -0.1) is 0 Å². The fraction of sp³-hybridized carbons (Fsp3) is 0.462. The van der Waals surface area contributed by atoms with Gasteiger partial charge in [0.15, 0.2) is 11.5 Å². The fourth-order valence-corrected chi connectivity index (χ4v) is 2.03. The molecule has 0 spiro atoms. The van der Waals surface area contributed by atoms with Crippen LogP contribution in [-0.2, 0) is 0 Å². The smallest absolute Gasteiger partial charge is 0.198 e. The van der Waals surface area contributed by atoms with Crippen molar-refractivity contribution in [3.05, 3.63) is 23.6 Å². The summed E-state index contributed by atoms with van der Waals surface area (Å²) in [6, 6.07) is 3.89. The van der Waals surface area contributed by atoms with E-state index in [2.05, 4.69) is 18.8 Å². The number of anilines is 1. The van der Waals surface area contributed by atoms with Crippen molar-refractivity contribution < 1.29 is 4.42 Å². The summed E-state index contributed by atoms with van der Waals surface area (Å²) in [6.07, 6.45) is 2.42. The van der Waals surface area contributed by atoms with Gasteiger partial charge >= 0.3 is 0 Å². The van der Waals surface area contributed by atoms with Crippen LogP contribution in [0.15, 0.2) is 16.5 Å². The summed E-state index contributed by atoms with van der Waals surface area (Å²) in [6.45, 7) is 4.29. The van der Waals surface area contributed by atoms with Crippen LogP contribution < -0.4 is 5.73 Å². The molecule has 84 valence electrons. The summed E-state index contributed by atoms with van der Waals surface area (Å²) >= 11 is 0. The summed E-state index contributed by atoms with van der Waals surface area (Å²) in [5.74, 6) is 1.85. The van der Waals surface area contributed by atoms with Crippen LogP contribution in [-0.4, -0.2) is 4.98 Å². The highest BCUT2D eigenvalue weighted by Gasteiger charge is 2.29. The molecular weight excluding hydrogens is 200 g/mol. The molecule has 1 heterocycles. The van der Waals surface area contributed by atoms with Crippen LogP contribution in [0.25, 0.3) is 11.1 Å². The molecule has 0 amide bonds. The molecule has 0 unspecified atom stereocenters. The van der Waals surface area contributed by atoms with Crippen LogP contribution in [0.5, 0.6) is 0 Å². The molecule has 1 aromatic carbocycles. The molecule has 0 bridgehead atoms. The monoisotopic (exact) mass is 216 g/mol. The van der Waals surface area contributed by atoms with Gasteiger partial charge in [0.1, 0.15) is 5.52 Å². The van der Waals surface area contributed by atoms with E-state index in [0.717, 1.165) is 28.2 Å². The van der Waals surface area contributed by atoms with Crippen LogP contribution in [0.1, 0.15) is 50.0 Å². The molecular formula is C13H16N2O. The number of fused-ring (bicyclic) bond motifs is 1. The predicted molar refractivity (Wildman–Crippen MR) is 64.5 cm³/mol. The standard InChI is InChI=1S/C13H16N2O/c1-7(2)10-5-9(14)6-11-12(10)16-13(15-11)8-3-4-8/h5-8H,3-4,14H2,1-2H3. The number of hydrogen-bond donors (Lipinski definition) is 1. The molecule has 2 N–H and O–H groups in total. The maximum atomic E-state index is 5.88. The summed E-state index contributed by atoms with van der Waals surface area (Å²) in [7, 11) is 0. The Morgan fingerprint density at radius 2 is 2.12 bits per heavy atom. The lowest BCUT2D eigenvalue weighted by Crippen LogP contribution is -1.92. The van der Waals surface area contributed by atoms with Gasteiger partial charge in [0.05, 0.1) is 0 Å². The van der Waals surface area contributed by atoms with E-state index in [1.54, 1.807) is 0 Å². The summed E-state index contributed by atoms with van der Waals surface area (Å²) in [4.78, 5) is 4.53. The van der Waals surface area contributed by atoms with E-state index in [0.29, 0.717) is 11.8 Å². The van der Waals surface area contributed by atoms with Gasteiger partial charge in [0.25, 0.3) is 0 Å². The molecule has 3 rings (SSSR count). The normalized spacial score (nSPS) is 16.2. The fourth-order valence-electron chi connectivity index (χ4n) is 2.03. The highest BCUT2D eigenvalue weighted by molar-refractivity contribution is 5.81. The average molecular weight is 216 g/mol. The minimum Gasteiger partial charge on any atom is -0.440 e. The van der Waals surface area contributed by atoms with Crippen LogP contribution in [0.2, 0.25) is 0 Å². The summed E-state index contributed by atoms with van der Waals surface area (Å²) in [5, 5.41) is 0. The highest BCUT2D eigenvalue weighted by Crippen LogP contribution is 2.41. The van der Waals surface area contributed by atoms with Gasteiger partial charge in [-0.05, 0) is 30.9 Å². The van der Waals surface area contributed by atoms with E-state index in [1.165, 1.54) is 12.8 Å². The lowest BCUT2D eigenvalue weighted by atomic mass is 10.0. The molecule has 3 heteroatoms. The SMILES string of the molecule is CC(C)c1cc(N)cc2nc(C3CC3)oc12. The van der Waals surface area contributed by atoms with Gasteiger partial charge in [-0.3, -0.25) is 0 Å². The first-order valence-corrected chi connectivity index (χ1v) is 5.85. The molecule has 3 nitrogen and oxygen atoms in total. The quantitative estimate of drug-likeness (QED) is 0.782. The van der Waals surface area contributed by atoms with Crippen molar-refractivity contribution >= 4 is 16.8 Å². The molecule has 1 aromatic heterocycles. The molecule has 2 aromatic rings. The number of benzene rings is 1. The van der Waals surface area contributed by atoms with Crippen LogP contribution in [0.4, 0.5) is 5.69 Å². The summed E-state index contributed by atoms with van der Waals surface area (Å²) < 4.78 is 5.87. The Morgan fingerprint density at radius 1 is 1.38 bits per heavy atom. The van der Waals surface area contributed by atoms with Gasteiger partial charge in [0, 0.05) is 17.2 Å². The Bertz CT molecular complexity index is 538. The second-order valence-electron chi connectivity index (χ2n) is 4.94. The number of nitrogens with two attached hydrogens (primary N) is 1. The number of aromatic nitrogens is 1. The van der Waals surface area contributed by atoms with Crippen molar-refractivity contribution in [3.8, 4) is 0 Å². The van der Waals surface area contributed by atoms with Gasteiger partial charge in [-0.2, -0.15) is 0 Å². The topological polar surface area (TPSA) is 52.0 Å². The van der Waals surface area contributed by atoms with E-state index >= 15 is 0 Å². The van der Waals surface area contributed by atoms with Crippen LogP contribution in [0.3, 0.4) is 0 Å². The van der Waals surface area contributed by atoms with E-state index in [1.807, 2.05) is 12.1 Å². The molecule has 1 aliphatic rings. The van der Waals surface area contributed by atoms with Crippen molar-refractivity contribution in [1.82, 2.24) is 4.98 Å². The highest BCUT2D eigenvalue weighted by atomic mass is 16.3. The Balaban J connectivity index is 2.23. The Hall–Kier alpha value is -1.51. The number of rotatable bonds is 2. The molecule has 1 saturated carbocycles. The Labute approximate surface area is 94.7 Å². The van der Waals surface area contributed by atoms with Crippen LogP contribution >= 0.6 is 0 Å². The lowest BCUT2D eigenvalue weighted by molar-refractivity contribution is 0.528. The second kappa shape index (κ2) is 3.24. The molecule has 0 saturated heterocycles. The second-order valence-corrected chi connectivity index (χ2v) is 4.94. The lowest BCUT2D eigenvalue weighted by Gasteiger charge is -2.06. The average Bonchev–Trinajstić information content (AvgIpc) is 2.98. The first kappa shape index (κ1) is 9.70. The largest absolute Gasteiger partial charge is 0.440 e. The van der Waals surface area contributed by atoms with E-state index < -0.39 is 0 Å². The van der Waals surface area contributed by atoms with Gasteiger partial charge in [-0.1, -0.05) is 13.8 Å². The molecule has 0 aliphatic heterocycles. The van der Waals surface area contributed by atoms with Crippen molar-refractivity contribution in [2.45, 2.75) is 38.5 Å². The number of nitrogens with zero attached hydrogens (tertiary/aromatic N) is 1. The zero-order valence-electron chi connectivity index (χ0n) is 9.66. The Kier molecular flexibility index (Phi) is 1.96. The molecule has 0 atom stereocenters. The number of hydrogen-bond acceptors (Lipinski definition) is 3. The van der Waals surface area contributed by atoms with Crippen molar-refractivity contribution in [3.63, 3.8) is 0 Å². The van der Waals surface area contributed by atoms with Gasteiger partial charge < -0.3 is 10.2 Å². The van der Waals surface area contributed by atoms with E-state index in [9.17, 15) is 0 Å². The molecule has 0 radical (unpaired) electrons. The van der Waals surface area contributed by atoms with E-state index in [-0.39, 0.29) is 0 Å². The maximum absolute atomic E-state index is 5.88. The van der Waals surface area contributed by atoms with Gasteiger partial charge in [-0.25, -0.2) is 4.98 Å². The molecule has 1 aliphatic carbocycles. The molecule has 16 heavy (non-hydrogen) atoms. The summed E-state index contributed by atoms with van der Waals surface area (Å²) in [5.41, 5.74) is 9.64. The molecule has 1 fully saturated rings. The predicted octanol–water partition coefficient (Wildman–Crippen LogP) is 3.41. The third-order valence-corrected chi connectivity index (χ3v) is 3.11. The number of oxazole rings is 1. The first-order chi connectivity index (χ1) is 7.65. The van der Waals surface area contributed by atoms with Gasteiger partial charge in [0.2, 0.25) is 0 Å².